The highest BCUT2D eigenvalue weighted by molar-refractivity contribution is 7.75. The van der Waals surface area contributed by atoms with E-state index in [1.165, 1.54) is 16.4 Å². The van der Waals surface area contributed by atoms with Gasteiger partial charge in [-0.1, -0.05) is 73.8 Å². The molecule has 0 fully saturated rings. The fourth-order valence-electron chi connectivity index (χ4n) is 2.02. The van der Waals surface area contributed by atoms with E-state index < -0.39 is 8.07 Å². The van der Waals surface area contributed by atoms with Crippen molar-refractivity contribution in [2.45, 2.75) is 13.1 Å². The second kappa shape index (κ2) is 6.70. The monoisotopic (exact) mass is 306 g/mol. The van der Waals surface area contributed by atoms with Crippen molar-refractivity contribution in [3.63, 3.8) is 0 Å². The number of alkyl halides is 1. The molecule has 3 heteroatoms. The molecule has 0 nitrogen and oxygen atoms in total. The van der Waals surface area contributed by atoms with Crippen LogP contribution in [0.2, 0.25) is 13.1 Å². The maximum absolute atomic E-state index is 6.18. The minimum atomic E-state index is -1.31. The van der Waals surface area contributed by atoms with Crippen LogP contribution in [0.4, 0.5) is 0 Å². The summed E-state index contributed by atoms with van der Waals surface area (Å²) in [6, 6.07) is 21.8. The molecule has 2 aromatic rings. The van der Waals surface area contributed by atoms with E-state index in [-0.39, 0.29) is 7.92 Å². The van der Waals surface area contributed by atoms with Gasteiger partial charge in [-0.05, 0) is 24.3 Å². The van der Waals surface area contributed by atoms with Crippen LogP contribution in [0.15, 0.2) is 60.7 Å². The molecule has 0 atom stereocenters. The van der Waals surface area contributed by atoms with Crippen LogP contribution in [0, 0.1) is 0 Å². The Kier molecular flexibility index (Phi) is 5.21. The summed E-state index contributed by atoms with van der Waals surface area (Å²) in [5.74, 6) is 1.26. The van der Waals surface area contributed by atoms with Crippen LogP contribution >= 0.6 is 19.5 Å². The lowest BCUT2D eigenvalue weighted by atomic mass is 10.4. The van der Waals surface area contributed by atoms with Crippen LogP contribution in [0.5, 0.6) is 0 Å². The third-order valence-electron chi connectivity index (χ3n) is 3.08. The van der Waals surface area contributed by atoms with Gasteiger partial charge in [-0.2, -0.15) is 0 Å². The smallest absolute Gasteiger partial charge is 0.0687 e. The summed E-state index contributed by atoms with van der Waals surface area (Å²) in [5.41, 5.74) is 0.839. The summed E-state index contributed by atoms with van der Waals surface area (Å²) in [4.78, 5) is 0. The highest BCUT2D eigenvalue weighted by atomic mass is 35.5. The Labute approximate surface area is 123 Å². The predicted octanol–water partition coefficient (Wildman–Crippen LogP) is 4.14. The quantitative estimate of drug-likeness (QED) is 0.442. The summed E-state index contributed by atoms with van der Waals surface area (Å²) in [5, 5.41) is 2.93. The normalized spacial score (nSPS) is 11.8. The minimum absolute atomic E-state index is 0.267. The summed E-state index contributed by atoms with van der Waals surface area (Å²) >= 11 is 6.18. The zero-order chi connectivity index (χ0) is 13.7. The van der Waals surface area contributed by atoms with Crippen molar-refractivity contribution in [1.82, 2.24) is 0 Å². The number of hydrogen-bond acceptors (Lipinski definition) is 0. The van der Waals surface area contributed by atoms with Crippen molar-refractivity contribution in [3.8, 4) is 0 Å². The maximum atomic E-state index is 6.18. The van der Waals surface area contributed by atoms with E-state index in [0.29, 0.717) is 0 Å². The van der Waals surface area contributed by atoms with Gasteiger partial charge in [0.05, 0.1) is 8.07 Å². The molecule has 0 radical (unpaired) electrons. The zero-order valence-electron chi connectivity index (χ0n) is 11.5. The number of hydrogen-bond donors (Lipinski definition) is 0. The molecule has 0 saturated heterocycles. The van der Waals surface area contributed by atoms with Gasteiger partial charge in [0.2, 0.25) is 0 Å². The average molecular weight is 307 g/mol. The van der Waals surface area contributed by atoms with Crippen molar-refractivity contribution in [1.29, 1.82) is 0 Å². The first-order valence-electron chi connectivity index (χ1n) is 6.56. The molecule has 0 N–H and O–H groups in total. The number of halogens is 1. The van der Waals surface area contributed by atoms with Gasteiger partial charge in [0.15, 0.2) is 0 Å². The lowest BCUT2D eigenvalue weighted by Gasteiger charge is -2.27. The third-order valence-corrected chi connectivity index (χ3v) is 12.5. The Hall–Kier alpha value is -0.623. The van der Waals surface area contributed by atoms with Gasteiger partial charge in [0, 0.05) is 5.50 Å². The molecule has 0 spiro atoms. The Bertz CT molecular complexity index is 459. The second-order valence-corrected chi connectivity index (χ2v) is 14.1. The molecule has 2 rings (SSSR count). The van der Waals surface area contributed by atoms with Crippen molar-refractivity contribution in [2.75, 3.05) is 11.3 Å². The lowest BCUT2D eigenvalue weighted by molar-refractivity contribution is 1.62. The molecule has 0 aliphatic carbocycles. The largest absolute Gasteiger partial charge is 0.130 e. The fourth-order valence-corrected chi connectivity index (χ4v) is 9.36. The Morgan fingerprint density at radius 1 is 0.842 bits per heavy atom. The Morgan fingerprint density at radius 2 is 1.26 bits per heavy atom. The highest BCUT2D eigenvalue weighted by Crippen LogP contribution is 2.36. The molecule has 0 bridgehead atoms. The first kappa shape index (κ1) is 14.8. The molecule has 0 aliphatic rings. The molecule has 0 aliphatic heterocycles. The van der Waals surface area contributed by atoms with E-state index in [1.54, 1.807) is 0 Å². The molecule has 100 valence electrons. The standard InChI is InChI=1S/C16H20ClPSi/c1-19(2,13-17)14-18(15-9-5-3-6-10-15)16-11-7-4-8-12-16/h3-12H,13-14H2,1-2H3. The van der Waals surface area contributed by atoms with Gasteiger partial charge in [-0.3, -0.25) is 0 Å². The van der Waals surface area contributed by atoms with Crippen LogP contribution < -0.4 is 10.6 Å². The van der Waals surface area contributed by atoms with Crippen LogP contribution in [0.25, 0.3) is 0 Å². The predicted molar refractivity (Wildman–Crippen MR) is 92.1 cm³/mol. The van der Waals surface area contributed by atoms with Crippen LogP contribution in [-0.4, -0.2) is 19.4 Å². The maximum Gasteiger partial charge on any atom is 0.0687 e. The minimum Gasteiger partial charge on any atom is -0.130 e. The van der Waals surface area contributed by atoms with Gasteiger partial charge < -0.3 is 0 Å². The Balaban J connectivity index is 2.35. The van der Waals surface area contributed by atoms with E-state index in [2.05, 4.69) is 73.8 Å². The first-order chi connectivity index (χ1) is 9.12. The van der Waals surface area contributed by atoms with Crippen molar-refractivity contribution in [3.05, 3.63) is 60.7 Å². The molecule has 19 heavy (non-hydrogen) atoms. The summed E-state index contributed by atoms with van der Waals surface area (Å²) in [7, 11) is -1.58. The van der Waals surface area contributed by atoms with Crippen LogP contribution in [-0.2, 0) is 0 Å². The second-order valence-electron chi connectivity index (χ2n) is 5.56. The van der Waals surface area contributed by atoms with E-state index >= 15 is 0 Å². The van der Waals surface area contributed by atoms with Crippen LogP contribution in [0.3, 0.4) is 0 Å². The lowest BCUT2D eigenvalue weighted by Crippen LogP contribution is -2.36. The average Bonchev–Trinajstić information content (AvgIpc) is 2.47. The highest BCUT2D eigenvalue weighted by Gasteiger charge is 2.26. The number of benzene rings is 2. The molecule has 0 heterocycles. The Morgan fingerprint density at radius 3 is 1.63 bits per heavy atom. The van der Waals surface area contributed by atoms with Crippen molar-refractivity contribution >= 4 is 38.2 Å². The molecular weight excluding hydrogens is 287 g/mol. The molecule has 2 aromatic carbocycles. The summed E-state index contributed by atoms with van der Waals surface area (Å²) < 4.78 is 0. The van der Waals surface area contributed by atoms with Crippen LogP contribution in [0.1, 0.15) is 0 Å². The van der Waals surface area contributed by atoms with Crippen molar-refractivity contribution in [2.24, 2.45) is 0 Å². The molecule has 0 saturated carbocycles. The summed E-state index contributed by atoms with van der Waals surface area (Å²) in [6.07, 6.45) is 0. The van der Waals surface area contributed by atoms with Crippen molar-refractivity contribution < 1.29 is 0 Å². The molecule has 0 amide bonds. The molecule has 0 unspecified atom stereocenters. The van der Waals surface area contributed by atoms with Gasteiger partial charge in [-0.15, -0.1) is 11.6 Å². The van der Waals surface area contributed by atoms with Gasteiger partial charge in [0.1, 0.15) is 0 Å². The van der Waals surface area contributed by atoms with E-state index in [1.807, 2.05) is 0 Å². The van der Waals surface area contributed by atoms with E-state index in [4.69, 9.17) is 11.6 Å². The van der Waals surface area contributed by atoms with Gasteiger partial charge >= 0.3 is 0 Å². The number of rotatable bonds is 5. The summed E-state index contributed by atoms with van der Waals surface area (Å²) in [6.45, 7) is 4.78. The van der Waals surface area contributed by atoms with E-state index in [0.717, 1.165) is 5.50 Å². The molecular formula is C16H20ClPSi. The zero-order valence-corrected chi connectivity index (χ0v) is 14.2. The topological polar surface area (TPSA) is 0 Å². The fraction of sp³-hybridized carbons (Fsp3) is 0.250. The third kappa shape index (κ3) is 4.17. The van der Waals surface area contributed by atoms with Gasteiger partial charge in [0.25, 0.3) is 0 Å². The first-order valence-corrected chi connectivity index (χ1v) is 12.0. The molecule has 0 aromatic heterocycles. The van der Waals surface area contributed by atoms with E-state index in [9.17, 15) is 0 Å². The SMILES string of the molecule is C[Si](C)(CCl)CP(c1ccccc1)c1ccccc1. The van der Waals surface area contributed by atoms with Gasteiger partial charge in [-0.25, -0.2) is 0 Å².